The van der Waals surface area contributed by atoms with Gasteiger partial charge in [0.25, 0.3) is 0 Å². The summed E-state index contributed by atoms with van der Waals surface area (Å²) in [5.41, 5.74) is 5.62. The lowest BCUT2D eigenvalue weighted by Crippen LogP contribution is -2.41. The van der Waals surface area contributed by atoms with Crippen LogP contribution in [0.2, 0.25) is 5.02 Å². The van der Waals surface area contributed by atoms with Crippen molar-refractivity contribution in [2.75, 3.05) is 10.7 Å². The summed E-state index contributed by atoms with van der Waals surface area (Å²) in [6.45, 7) is 0. The van der Waals surface area contributed by atoms with E-state index in [4.69, 9.17) is 11.6 Å². The van der Waals surface area contributed by atoms with E-state index >= 15 is 0 Å². The SMILES string of the molecule is O=C(Nc1cccc(Cl)c1)C1Sc2nnc(-c3ccccc3)n2NC1c1ccc(F)cc1. The fourth-order valence-electron chi connectivity index (χ4n) is 3.53. The number of rotatable bonds is 4. The van der Waals surface area contributed by atoms with Crippen molar-refractivity contribution in [3.63, 3.8) is 0 Å². The first-order valence-electron chi connectivity index (χ1n) is 9.84. The number of carbonyl (C=O) groups is 1. The van der Waals surface area contributed by atoms with E-state index in [2.05, 4.69) is 20.9 Å². The van der Waals surface area contributed by atoms with Gasteiger partial charge in [-0.05, 0) is 35.9 Å². The summed E-state index contributed by atoms with van der Waals surface area (Å²) in [4.78, 5) is 13.3. The number of anilines is 1. The number of amides is 1. The van der Waals surface area contributed by atoms with Gasteiger partial charge in [-0.2, -0.15) is 0 Å². The van der Waals surface area contributed by atoms with Crippen LogP contribution >= 0.6 is 23.4 Å². The highest BCUT2D eigenvalue weighted by Gasteiger charge is 2.38. The molecule has 0 fully saturated rings. The standard InChI is InChI=1S/C23H17ClFN5OS/c24-16-7-4-8-18(13-16)26-22(31)20-19(14-9-11-17(25)12-10-14)29-30-21(27-28-23(30)32-20)15-5-2-1-3-6-15/h1-13,19-20,29H,(H,26,31). The van der Waals surface area contributed by atoms with Gasteiger partial charge >= 0.3 is 0 Å². The molecule has 0 aliphatic carbocycles. The molecule has 0 spiro atoms. The zero-order valence-corrected chi connectivity index (χ0v) is 18.1. The van der Waals surface area contributed by atoms with E-state index in [-0.39, 0.29) is 11.7 Å². The molecule has 160 valence electrons. The minimum Gasteiger partial charge on any atom is -0.325 e. The molecule has 4 aromatic rings. The van der Waals surface area contributed by atoms with Gasteiger partial charge in [0, 0.05) is 16.3 Å². The lowest BCUT2D eigenvalue weighted by Gasteiger charge is -2.33. The molecule has 0 bridgehead atoms. The van der Waals surface area contributed by atoms with Crippen LogP contribution in [0.15, 0.2) is 84.0 Å². The van der Waals surface area contributed by atoms with Crippen LogP contribution in [0, 0.1) is 5.82 Å². The molecule has 2 atom stereocenters. The second-order valence-corrected chi connectivity index (χ2v) is 8.75. The highest BCUT2D eigenvalue weighted by atomic mass is 35.5. The number of halogens is 2. The van der Waals surface area contributed by atoms with E-state index < -0.39 is 11.3 Å². The van der Waals surface area contributed by atoms with Gasteiger partial charge < -0.3 is 10.7 Å². The molecule has 6 nitrogen and oxygen atoms in total. The zero-order chi connectivity index (χ0) is 22.1. The Morgan fingerprint density at radius 1 is 1.03 bits per heavy atom. The molecular formula is C23H17ClFN5OS. The van der Waals surface area contributed by atoms with Crippen LogP contribution in [-0.2, 0) is 4.79 Å². The van der Waals surface area contributed by atoms with Crippen LogP contribution in [0.4, 0.5) is 10.1 Å². The lowest BCUT2D eigenvalue weighted by molar-refractivity contribution is -0.116. The molecule has 2 heterocycles. The number of aromatic nitrogens is 3. The van der Waals surface area contributed by atoms with Gasteiger partial charge in [0.2, 0.25) is 11.1 Å². The molecular weight excluding hydrogens is 449 g/mol. The molecule has 1 aromatic heterocycles. The fraction of sp³-hybridized carbons (Fsp3) is 0.0870. The van der Waals surface area contributed by atoms with Crippen molar-refractivity contribution in [3.8, 4) is 11.4 Å². The monoisotopic (exact) mass is 465 g/mol. The summed E-state index contributed by atoms with van der Waals surface area (Å²) in [5.74, 6) is 0.0654. The number of thioether (sulfide) groups is 1. The number of carbonyl (C=O) groups excluding carboxylic acids is 1. The Morgan fingerprint density at radius 3 is 2.56 bits per heavy atom. The van der Waals surface area contributed by atoms with Crippen molar-refractivity contribution in [2.45, 2.75) is 16.4 Å². The largest absolute Gasteiger partial charge is 0.325 e. The Bertz CT molecular complexity index is 1270. The van der Waals surface area contributed by atoms with Crippen molar-refractivity contribution < 1.29 is 9.18 Å². The van der Waals surface area contributed by atoms with Gasteiger partial charge in [-0.1, -0.05) is 71.9 Å². The Morgan fingerprint density at radius 2 is 1.81 bits per heavy atom. The minimum absolute atomic E-state index is 0.227. The maximum atomic E-state index is 13.6. The Kier molecular flexibility index (Phi) is 5.55. The van der Waals surface area contributed by atoms with Crippen LogP contribution < -0.4 is 10.7 Å². The number of hydrogen-bond acceptors (Lipinski definition) is 5. The predicted octanol–water partition coefficient (Wildman–Crippen LogP) is 5.14. The van der Waals surface area contributed by atoms with Crippen molar-refractivity contribution >= 4 is 35.0 Å². The van der Waals surface area contributed by atoms with Crippen LogP contribution in [0.25, 0.3) is 11.4 Å². The second-order valence-electron chi connectivity index (χ2n) is 7.20. The smallest absolute Gasteiger partial charge is 0.240 e. The van der Waals surface area contributed by atoms with Crippen LogP contribution in [0.1, 0.15) is 11.6 Å². The average molecular weight is 466 g/mol. The summed E-state index contributed by atoms with van der Waals surface area (Å²) >= 11 is 7.35. The molecule has 0 saturated heterocycles. The van der Waals surface area contributed by atoms with Crippen LogP contribution in [-0.4, -0.2) is 26.0 Å². The topological polar surface area (TPSA) is 71.8 Å². The van der Waals surface area contributed by atoms with Gasteiger partial charge in [-0.3, -0.25) is 4.79 Å². The van der Waals surface area contributed by atoms with Crippen LogP contribution in [0.3, 0.4) is 0 Å². The predicted molar refractivity (Wildman–Crippen MR) is 124 cm³/mol. The van der Waals surface area contributed by atoms with E-state index in [1.54, 1.807) is 41.1 Å². The molecule has 2 unspecified atom stereocenters. The zero-order valence-electron chi connectivity index (χ0n) is 16.6. The first-order valence-corrected chi connectivity index (χ1v) is 11.1. The molecule has 2 N–H and O–H groups in total. The van der Waals surface area contributed by atoms with Gasteiger partial charge in [0.15, 0.2) is 5.82 Å². The van der Waals surface area contributed by atoms with Crippen molar-refractivity contribution in [3.05, 3.63) is 95.3 Å². The fourth-order valence-corrected chi connectivity index (χ4v) is 4.80. The van der Waals surface area contributed by atoms with Crippen molar-refractivity contribution in [1.82, 2.24) is 14.9 Å². The van der Waals surface area contributed by atoms with E-state index in [0.29, 0.717) is 21.7 Å². The summed E-state index contributed by atoms with van der Waals surface area (Å²) in [6.07, 6.45) is 0. The van der Waals surface area contributed by atoms with E-state index in [9.17, 15) is 9.18 Å². The molecule has 1 aliphatic heterocycles. The number of fused-ring (bicyclic) bond motifs is 1. The number of benzene rings is 3. The minimum atomic E-state index is -0.584. The van der Waals surface area contributed by atoms with E-state index in [0.717, 1.165) is 11.1 Å². The van der Waals surface area contributed by atoms with Crippen molar-refractivity contribution in [2.24, 2.45) is 0 Å². The number of nitrogens with one attached hydrogen (secondary N) is 2. The second kappa shape index (κ2) is 8.64. The van der Waals surface area contributed by atoms with Gasteiger partial charge in [-0.15, -0.1) is 10.2 Å². The van der Waals surface area contributed by atoms with Gasteiger partial charge in [-0.25, -0.2) is 9.07 Å². The maximum Gasteiger partial charge on any atom is 0.240 e. The third-order valence-electron chi connectivity index (χ3n) is 5.05. The summed E-state index contributed by atoms with van der Waals surface area (Å²) < 4.78 is 15.3. The first kappa shape index (κ1) is 20.5. The van der Waals surface area contributed by atoms with E-state index in [1.807, 2.05) is 30.3 Å². The molecule has 1 amide bonds. The molecule has 32 heavy (non-hydrogen) atoms. The lowest BCUT2D eigenvalue weighted by atomic mass is 10.0. The molecule has 3 aromatic carbocycles. The first-order chi connectivity index (χ1) is 15.6. The third kappa shape index (κ3) is 4.06. The average Bonchev–Trinajstić information content (AvgIpc) is 3.22. The molecule has 5 rings (SSSR count). The number of nitrogens with zero attached hydrogens (tertiary/aromatic N) is 3. The Hall–Kier alpha value is -3.36. The molecule has 9 heteroatoms. The van der Waals surface area contributed by atoms with Crippen molar-refractivity contribution in [1.29, 1.82) is 0 Å². The summed E-state index contributed by atoms with van der Waals surface area (Å²) in [7, 11) is 0. The molecule has 0 radical (unpaired) electrons. The maximum absolute atomic E-state index is 13.6. The van der Waals surface area contributed by atoms with Gasteiger partial charge in [0.1, 0.15) is 11.1 Å². The van der Waals surface area contributed by atoms with Crippen LogP contribution in [0.5, 0.6) is 0 Å². The molecule has 1 aliphatic rings. The third-order valence-corrected chi connectivity index (χ3v) is 6.50. The Balaban J connectivity index is 1.51. The normalized spacial score (nSPS) is 17.3. The highest BCUT2D eigenvalue weighted by molar-refractivity contribution is 8.00. The molecule has 0 saturated carbocycles. The summed E-state index contributed by atoms with van der Waals surface area (Å²) in [5, 5.41) is 12.0. The summed E-state index contributed by atoms with van der Waals surface area (Å²) in [6, 6.07) is 22.3. The quantitative estimate of drug-likeness (QED) is 0.437. The highest BCUT2D eigenvalue weighted by Crippen LogP contribution is 2.39. The Labute approximate surface area is 192 Å². The number of hydrogen-bond donors (Lipinski definition) is 2. The van der Waals surface area contributed by atoms with E-state index in [1.165, 1.54) is 23.9 Å². The van der Waals surface area contributed by atoms with Gasteiger partial charge in [0.05, 0.1) is 6.04 Å².